The maximum Gasteiger partial charge on any atom is 0.0943 e. The highest BCUT2D eigenvalue weighted by molar-refractivity contribution is 4.91. The number of nitrogens with one attached hydrogen (secondary N) is 1. The van der Waals surface area contributed by atoms with Gasteiger partial charge in [0.1, 0.15) is 0 Å². The van der Waals surface area contributed by atoms with E-state index in [1.165, 1.54) is 31.9 Å². The topological polar surface area (TPSA) is 44.5 Å². The summed E-state index contributed by atoms with van der Waals surface area (Å²) in [6.07, 6.45) is 9.39. The number of likely N-dealkylation sites (N-methyl/N-ethyl adjacent to an activating group) is 2. The highest BCUT2D eigenvalue weighted by atomic mass is 15.2. The van der Waals surface area contributed by atoms with Crippen molar-refractivity contribution in [1.29, 1.82) is 0 Å². The molecule has 0 aromatic carbocycles. The molecule has 2 aromatic heterocycles. The Labute approximate surface area is 185 Å². The van der Waals surface area contributed by atoms with Gasteiger partial charge >= 0.3 is 0 Å². The quantitative estimate of drug-likeness (QED) is 0.769. The van der Waals surface area contributed by atoms with Gasteiger partial charge in [-0.05, 0) is 33.2 Å². The van der Waals surface area contributed by atoms with Crippen molar-refractivity contribution in [3.05, 3.63) is 55.5 Å². The average Bonchev–Trinajstić information content (AvgIpc) is 3.38. The van der Waals surface area contributed by atoms with Crippen LogP contribution in [0.15, 0.2) is 55.5 Å². The molecule has 0 amide bonds. The fourth-order valence-electron chi connectivity index (χ4n) is 2.71. The number of hydrogen-bond acceptors (Lipinski definition) is 5. The molecule has 0 aliphatic carbocycles. The molecule has 2 aromatic rings. The lowest BCUT2D eigenvalue weighted by atomic mass is 10.3. The minimum Gasteiger partial charge on any atom is -0.373 e. The lowest BCUT2D eigenvalue weighted by Gasteiger charge is -2.33. The lowest BCUT2D eigenvalue weighted by molar-refractivity contribution is 0.187. The number of hydrogen-bond donors (Lipinski definition) is 1. The molecule has 172 valence electrons. The molecule has 2 aliphatic rings. The minimum absolute atomic E-state index is 0. The van der Waals surface area contributed by atoms with Crippen LogP contribution >= 0.6 is 0 Å². The first kappa shape index (κ1) is 27.9. The monoisotopic (exact) mass is 419 g/mol. The third-order valence-corrected chi connectivity index (χ3v) is 4.77. The SMILES string of the molecule is C.C=C(C)N1CCN(C)CC1.CN1CCNCC1.Cn1cccc1.Cn1ccnc1. The average molecular weight is 420 g/mol. The van der Waals surface area contributed by atoms with Crippen LogP contribution in [0.4, 0.5) is 0 Å². The number of nitrogens with zero attached hydrogens (tertiary/aromatic N) is 6. The Morgan fingerprint density at radius 1 is 0.800 bits per heavy atom. The van der Waals surface area contributed by atoms with Crippen molar-refractivity contribution in [3.8, 4) is 0 Å². The molecule has 0 unspecified atom stereocenters. The van der Waals surface area contributed by atoms with E-state index in [9.17, 15) is 0 Å². The Bertz CT molecular complexity index is 576. The number of aryl methyl sites for hydroxylation is 2. The fourth-order valence-corrected chi connectivity index (χ4v) is 2.71. The van der Waals surface area contributed by atoms with E-state index in [1.807, 2.05) is 54.0 Å². The summed E-state index contributed by atoms with van der Waals surface area (Å²) < 4.78 is 3.89. The van der Waals surface area contributed by atoms with Gasteiger partial charge in [-0.1, -0.05) is 14.0 Å². The molecule has 0 radical (unpaired) electrons. The minimum atomic E-state index is 0. The summed E-state index contributed by atoms with van der Waals surface area (Å²) in [5, 5.41) is 3.27. The van der Waals surface area contributed by atoms with Gasteiger partial charge in [0.05, 0.1) is 6.33 Å². The van der Waals surface area contributed by atoms with E-state index >= 15 is 0 Å². The summed E-state index contributed by atoms with van der Waals surface area (Å²) in [5.41, 5.74) is 1.20. The van der Waals surface area contributed by atoms with Crippen LogP contribution in [0.1, 0.15) is 14.4 Å². The molecule has 7 heteroatoms. The molecule has 2 aliphatic heterocycles. The standard InChI is InChI=1S/C8H16N2.C5H12N2.C5H7N.C4H6N2.CH4/c1-8(2)10-6-4-9(3)5-7-10;1-7-4-2-6-3-5-7;1-6-4-2-3-5-6;1-6-3-2-5-4-6;/h1,4-7H2,2-3H3;6H,2-5H2,1H3;2-5H,1H3;2-4H,1H3;1H4. The van der Waals surface area contributed by atoms with Crippen molar-refractivity contribution in [1.82, 2.24) is 34.1 Å². The van der Waals surface area contributed by atoms with Crippen LogP contribution < -0.4 is 5.32 Å². The first-order chi connectivity index (χ1) is 13.9. The van der Waals surface area contributed by atoms with Crippen LogP contribution in [0.25, 0.3) is 0 Å². The Morgan fingerprint density at radius 3 is 1.60 bits per heavy atom. The van der Waals surface area contributed by atoms with Crippen LogP contribution in [0.2, 0.25) is 0 Å². The third-order valence-electron chi connectivity index (χ3n) is 4.77. The number of rotatable bonds is 1. The van der Waals surface area contributed by atoms with Crippen LogP contribution in [0.5, 0.6) is 0 Å². The van der Waals surface area contributed by atoms with Crippen molar-refractivity contribution in [3.63, 3.8) is 0 Å². The molecule has 2 saturated heterocycles. The lowest BCUT2D eigenvalue weighted by Crippen LogP contribution is -2.43. The van der Waals surface area contributed by atoms with Crippen LogP contribution in [-0.2, 0) is 14.1 Å². The van der Waals surface area contributed by atoms with E-state index in [0.29, 0.717) is 0 Å². The van der Waals surface area contributed by atoms with Gasteiger partial charge < -0.3 is 29.2 Å². The maximum atomic E-state index is 3.91. The van der Waals surface area contributed by atoms with E-state index in [0.717, 1.165) is 26.2 Å². The van der Waals surface area contributed by atoms with Crippen LogP contribution in [0, 0.1) is 0 Å². The maximum absolute atomic E-state index is 3.91. The van der Waals surface area contributed by atoms with E-state index in [-0.39, 0.29) is 7.43 Å². The zero-order chi connectivity index (χ0) is 21.5. The molecule has 30 heavy (non-hydrogen) atoms. The molecule has 4 heterocycles. The van der Waals surface area contributed by atoms with Gasteiger partial charge in [0.15, 0.2) is 0 Å². The molecule has 2 fully saturated rings. The molecule has 7 nitrogen and oxygen atoms in total. The molecule has 1 N–H and O–H groups in total. The number of allylic oxidation sites excluding steroid dienone is 1. The van der Waals surface area contributed by atoms with Gasteiger partial charge in [-0.3, -0.25) is 0 Å². The summed E-state index contributed by atoms with van der Waals surface area (Å²) in [6, 6.07) is 4.00. The first-order valence-electron chi connectivity index (χ1n) is 10.4. The van der Waals surface area contributed by atoms with E-state index in [2.05, 4.69) is 52.6 Å². The van der Waals surface area contributed by atoms with Crippen LogP contribution in [-0.4, -0.2) is 95.3 Å². The summed E-state index contributed by atoms with van der Waals surface area (Å²) in [5.74, 6) is 0. The molecular formula is C23H45N7. The Balaban J connectivity index is 0.000000378. The van der Waals surface area contributed by atoms with Gasteiger partial charge in [-0.25, -0.2) is 4.98 Å². The first-order valence-corrected chi connectivity index (χ1v) is 10.4. The predicted octanol–water partition coefficient (Wildman–Crippen LogP) is 2.37. The third kappa shape index (κ3) is 14.0. The predicted molar refractivity (Wildman–Crippen MR) is 130 cm³/mol. The van der Waals surface area contributed by atoms with Gasteiger partial charge in [0.2, 0.25) is 0 Å². The van der Waals surface area contributed by atoms with Gasteiger partial charge in [0, 0.05) is 96.9 Å². The highest BCUT2D eigenvalue weighted by Gasteiger charge is 2.11. The second-order valence-electron chi connectivity index (χ2n) is 7.66. The van der Waals surface area contributed by atoms with Gasteiger partial charge in [-0.2, -0.15) is 0 Å². The van der Waals surface area contributed by atoms with E-state index in [4.69, 9.17) is 0 Å². The van der Waals surface area contributed by atoms with Crippen molar-refractivity contribution in [2.75, 3.05) is 66.5 Å². The van der Waals surface area contributed by atoms with Crippen molar-refractivity contribution >= 4 is 0 Å². The molecule has 0 saturated carbocycles. The zero-order valence-corrected chi connectivity index (χ0v) is 19.1. The molecule has 4 rings (SSSR count). The Morgan fingerprint density at radius 2 is 1.33 bits per heavy atom. The summed E-state index contributed by atoms with van der Waals surface area (Å²) in [6.45, 7) is 15.4. The Hall–Kier alpha value is -2.09. The van der Waals surface area contributed by atoms with E-state index in [1.54, 1.807) is 12.5 Å². The number of aromatic nitrogens is 3. The second kappa shape index (κ2) is 16.7. The zero-order valence-electron chi connectivity index (χ0n) is 19.1. The highest BCUT2D eigenvalue weighted by Crippen LogP contribution is 2.04. The van der Waals surface area contributed by atoms with Crippen molar-refractivity contribution < 1.29 is 0 Å². The summed E-state index contributed by atoms with van der Waals surface area (Å²) in [4.78, 5) is 10.8. The number of piperazine rings is 2. The van der Waals surface area contributed by atoms with Crippen molar-refractivity contribution in [2.45, 2.75) is 14.4 Å². The smallest absolute Gasteiger partial charge is 0.0943 e. The molecular weight excluding hydrogens is 374 g/mol. The second-order valence-corrected chi connectivity index (χ2v) is 7.66. The number of imidazole rings is 1. The van der Waals surface area contributed by atoms with Crippen LogP contribution in [0.3, 0.4) is 0 Å². The fraction of sp³-hybridized carbons (Fsp3) is 0.609. The largest absolute Gasteiger partial charge is 0.373 e. The van der Waals surface area contributed by atoms with Gasteiger partial charge in [-0.15, -0.1) is 0 Å². The van der Waals surface area contributed by atoms with Crippen molar-refractivity contribution in [2.24, 2.45) is 14.1 Å². The summed E-state index contributed by atoms with van der Waals surface area (Å²) in [7, 11) is 8.25. The van der Waals surface area contributed by atoms with Gasteiger partial charge in [0.25, 0.3) is 0 Å². The molecule has 0 spiro atoms. The normalized spacial score (nSPS) is 16.5. The molecule has 0 bridgehead atoms. The summed E-state index contributed by atoms with van der Waals surface area (Å²) >= 11 is 0. The van der Waals surface area contributed by atoms with E-state index < -0.39 is 0 Å². The molecule has 0 atom stereocenters. The Kier molecular flexibility index (Phi) is 15.5.